The van der Waals surface area contributed by atoms with Crippen molar-refractivity contribution in [2.24, 2.45) is 11.8 Å². The molecule has 3 atom stereocenters. The van der Waals surface area contributed by atoms with Crippen LogP contribution in [0.25, 0.3) is 0 Å². The highest BCUT2D eigenvalue weighted by Gasteiger charge is 2.30. The maximum atomic E-state index is 5.74. The average Bonchev–Trinajstić information content (AvgIpc) is 2.84. The molecular weight excluding hydrogens is 250 g/mol. The molecule has 3 nitrogen and oxygen atoms in total. The van der Waals surface area contributed by atoms with Gasteiger partial charge in [0.25, 0.3) is 0 Å². The molecule has 1 fully saturated rings. The standard InChI is InChI=1S/C17H27NO2/c1-4-14-5-10-17(13(14)2)18-11-12-20-16-8-6-15(19-3)7-9-16/h6-9,13-14,17-18H,4-5,10-12H2,1-3H3. The maximum Gasteiger partial charge on any atom is 0.119 e. The summed E-state index contributed by atoms with van der Waals surface area (Å²) in [6.45, 7) is 6.31. The summed E-state index contributed by atoms with van der Waals surface area (Å²) >= 11 is 0. The molecule has 0 heterocycles. The van der Waals surface area contributed by atoms with Crippen LogP contribution in [0.4, 0.5) is 0 Å². The van der Waals surface area contributed by atoms with Gasteiger partial charge in [-0.2, -0.15) is 0 Å². The summed E-state index contributed by atoms with van der Waals surface area (Å²) in [6.07, 6.45) is 3.98. The Kier molecular flexibility index (Phi) is 5.72. The van der Waals surface area contributed by atoms with Crippen LogP contribution < -0.4 is 14.8 Å². The van der Waals surface area contributed by atoms with Crippen LogP contribution in [0.2, 0.25) is 0 Å². The summed E-state index contributed by atoms with van der Waals surface area (Å²) in [5.74, 6) is 3.45. The average molecular weight is 277 g/mol. The van der Waals surface area contributed by atoms with Gasteiger partial charge in [-0.1, -0.05) is 20.3 Å². The molecule has 0 spiro atoms. The zero-order chi connectivity index (χ0) is 14.4. The largest absolute Gasteiger partial charge is 0.497 e. The quantitative estimate of drug-likeness (QED) is 0.774. The van der Waals surface area contributed by atoms with Crippen LogP contribution in [0.1, 0.15) is 33.1 Å². The molecule has 0 amide bonds. The van der Waals surface area contributed by atoms with Crippen molar-refractivity contribution >= 4 is 0 Å². The summed E-state index contributed by atoms with van der Waals surface area (Å²) in [5, 5.41) is 3.64. The molecule has 3 unspecified atom stereocenters. The van der Waals surface area contributed by atoms with Gasteiger partial charge in [-0.05, 0) is 48.9 Å². The van der Waals surface area contributed by atoms with E-state index < -0.39 is 0 Å². The van der Waals surface area contributed by atoms with E-state index >= 15 is 0 Å². The highest BCUT2D eigenvalue weighted by atomic mass is 16.5. The van der Waals surface area contributed by atoms with Gasteiger partial charge in [0.15, 0.2) is 0 Å². The van der Waals surface area contributed by atoms with Crippen molar-refractivity contribution in [3.63, 3.8) is 0 Å². The zero-order valence-electron chi connectivity index (χ0n) is 12.9. The fourth-order valence-electron chi connectivity index (χ4n) is 3.20. The molecule has 2 rings (SSSR count). The topological polar surface area (TPSA) is 30.5 Å². The third-order valence-corrected chi connectivity index (χ3v) is 4.59. The second-order valence-corrected chi connectivity index (χ2v) is 5.69. The predicted molar refractivity (Wildman–Crippen MR) is 82.5 cm³/mol. The van der Waals surface area contributed by atoms with Crippen LogP contribution in [0.3, 0.4) is 0 Å². The van der Waals surface area contributed by atoms with Crippen molar-refractivity contribution in [1.82, 2.24) is 5.32 Å². The molecule has 1 aliphatic rings. The van der Waals surface area contributed by atoms with Crippen LogP contribution in [0, 0.1) is 11.8 Å². The molecule has 0 aliphatic heterocycles. The van der Waals surface area contributed by atoms with E-state index in [9.17, 15) is 0 Å². The lowest BCUT2D eigenvalue weighted by molar-refractivity contribution is 0.285. The second kappa shape index (κ2) is 7.53. The minimum Gasteiger partial charge on any atom is -0.497 e. The molecule has 0 radical (unpaired) electrons. The minimum absolute atomic E-state index is 0.666. The van der Waals surface area contributed by atoms with E-state index in [-0.39, 0.29) is 0 Å². The number of nitrogens with one attached hydrogen (secondary N) is 1. The SMILES string of the molecule is CCC1CCC(NCCOc2ccc(OC)cc2)C1C. The van der Waals surface area contributed by atoms with Gasteiger partial charge in [-0.3, -0.25) is 0 Å². The van der Waals surface area contributed by atoms with Crippen molar-refractivity contribution in [2.75, 3.05) is 20.3 Å². The van der Waals surface area contributed by atoms with Gasteiger partial charge in [-0.15, -0.1) is 0 Å². The van der Waals surface area contributed by atoms with Crippen molar-refractivity contribution < 1.29 is 9.47 Å². The molecule has 112 valence electrons. The first-order chi connectivity index (χ1) is 9.74. The lowest BCUT2D eigenvalue weighted by Gasteiger charge is -2.21. The van der Waals surface area contributed by atoms with Gasteiger partial charge < -0.3 is 14.8 Å². The van der Waals surface area contributed by atoms with E-state index in [1.165, 1.54) is 19.3 Å². The molecular formula is C17H27NO2. The Morgan fingerprint density at radius 3 is 2.45 bits per heavy atom. The zero-order valence-corrected chi connectivity index (χ0v) is 12.9. The van der Waals surface area contributed by atoms with Gasteiger partial charge in [0.2, 0.25) is 0 Å². The molecule has 1 aromatic rings. The minimum atomic E-state index is 0.666. The fraction of sp³-hybridized carbons (Fsp3) is 0.647. The molecule has 1 aromatic carbocycles. The van der Waals surface area contributed by atoms with E-state index in [0.717, 1.165) is 29.9 Å². The molecule has 1 saturated carbocycles. The predicted octanol–water partition coefficient (Wildman–Crippen LogP) is 3.49. The lowest BCUT2D eigenvalue weighted by atomic mass is 9.93. The summed E-state index contributed by atoms with van der Waals surface area (Å²) in [5.41, 5.74) is 0. The summed E-state index contributed by atoms with van der Waals surface area (Å²) in [6, 6.07) is 8.41. The van der Waals surface area contributed by atoms with Gasteiger partial charge in [0, 0.05) is 12.6 Å². The number of methoxy groups -OCH3 is 1. The number of benzene rings is 1. The van der Waals surface area contributed by atoms with E-state index in [2.05, 4.69) is 19.2 Å². The van der Waals surface area contributed by atoms with E-state index in [0.29, 0.717) is 12.6 Å². The van der Waals surface area contributed by atoms with Crippen LogP contribution in [0.15, 0.2) is 24.3 Å². The highest BCUT2D eigenvalue weighted by Crippen LogP contribution is 2.33. The Morgan fingerprint density at radius 2 is 1.85 bits per heavy atom. The van der Waals surface area contributed by atoms with Gasteiger partial charge in [0.1, 0.15) is 18.1 Å². The van der Waals surface area contributed by atoms with Crippen molar-refractivity contribution in [3.05, 3.63) is 24.3 Å². The van der Waals surface area contributed by atoms with E-state index in [4.69, 9.17) is 9.47 Å². The summed E-state index contributed by atoms with van der Waals surface area (Å²) in [7, 11) is 1.67. The first-order valence-corrected chi connectivity index (χ1v) is 7.74. The smallest absolute Gasteiger partial charge is 0.119 e. The number of rotatable bonds is 7. The van der Waals surface area contributed by atoms with E-state index in [1.807, 2.05) is 24.3 Å². The van der Waals surface area contributed by atoms with E-state index in [1.54, 1.807) is 7.11 Å². The number of hydrogen-bond donors (Lipinski definition) is 1. The maximum absolute atomic E-state index is 5.74. The second-order valence-electron chi connectivity index (χ2n) is 5.69. The molecule has 20 heavy (non-hydrogen) atoms. The summed E-state index contributed by atoms with van der Waals surface area (Å²) < 4.78 is 10.9. The fourth-order valence-corrected chi connectivity index (χ4v) is 3.20. The van der Waals surface area contributed by atoms with Crippen LogP contribution in [-0.4, -0.2) is 26.3 Å². The van der Waals surface area contributed by atoms with Crippen LogP contribution >= 0.6 is 0 Å². The molecule has 0 saturated heterocycles. The Balaban J connectivity index is 1.66. The Labute approximate surface area is 122 Å². The normalized spacial score (nSPS) is 25.6. The highest BCUT2D eigenvalue weighted by molar-refractivity contribution is 5.31. The van der Waals surface area contributed by atoms with Crippen molar-refractivity contribution in [2.45, 2.75) is 39.2 Å². The molecule has 0 bridgehead atoms. The molecule has 1 aliphatic carbocycles. The van der Waals surface area contributed by atoms with Crippen molar-refractivity contribution in [3.8, 4) is 11.5 Å². The Bertz CT molecular complexity index is 390. The first-order valence-electron chi connectivity index (χ1n) is 7.74. The van der Waals surface area contributed by atoms with Crippen LogP contribution in [-0.2, 0) is 0 Å². The van der Waals surface area contributed by atoms with Gasteiger partial charge >= 0.3 is 0 Å². The monoisotopic (exact) mass is 277 g/mol. The lowest BCUT2D eigenvalue weighted by Crippen LogP contribution is -2.35. The molecule has 0 aromatic heterocycles. The van der Waals surface area contributed by atoms with Gasteiger partial charge in [0.05, 0.1) is 7.11 Å². The third-order valence-electron chi connectivity index (χ3n) is 4.59. The van der Waals surface area contributed by atoms with Crippen molar-refractivity contribution in [1.29, 1.82) is 0 Å². The number of ether oxygens (including phenoxy) is 2. The van der Waals surface area contributed by atoms with Gasteiger partial charge in [-0.25, -0.2) is 0 Å². The molecule has 3 heteroatoms. The number of hydrogen-bond acceptors (Lipinski definition) is 3. The Hall–Kier alpha value is -1.22. The third kappa shape index (κ3) is 3.89. The molecule has 1 N–H and O–H groups in total. The van der Waals surface area contributed by atoms with Crippen LogP contribution in [0.5, 0.6) is 11.5 Å². The summed E-state index contributed by atoms with van der Waals surface area (Å²) in [4.78, 5) is 0. The Morgan fingerprint density at radius 1 is 1.15 bits per heavy atom. The first kappa shape index (κ1) is 15.2.